The zero-order valence-electron chi connectivity index (χ0n) is 12.7. The normalized spacial score (nSPS) is 11.2. The minimum Gasteiger partial charge on any atom is -0.472 e. The van der Waals surface area contributed by atoms with Gasteiger partial charge in [-0.2, -0.15) is 0 Å². The van der Waals surface area contributed by atoms with Crippen molar-refractivity contribution in [2.75, 3.05) is 0 Å². The molecule has 0 bridgehead atoms. The summed E-state index contributed by atoms with van der Waals surface area (Å²) in [5.41, 5.74) is 7.29. The average Bonchev–Trinajstić information content (AvgIpc) is 2.97. The molecule has 2 heterocycles. The monoisotopic (exact) mass is 326 g/mol. The minimum absolute atomic E-state index is 0.186. The highest BCUT2D eigenvalue weighted by Gasteiger charge is 2.12. The van der Waals surface area contributed by atoms with Gasteiger partial charge in [0.2, 0.25) is 11.8 Å². The number of fused-ring (bicyclic) bond motifs is 1. The Morgan fingerprint density at radius 1 is 1.38 bits per heavy atom. The number of H-pyrrole nitrogens is 1. The smallest absolute Gasteiger partial charge is 0.241 e. The van der Waals surface area contributed by atoms with Crippen LogP contribution in [0.2, 0.25) is 0 Å². The number of hydrogen-bond donors (Lipinski definition) is 2. The predicted molar refractivity (Wildman–Crippen MR) is 86.7 cm³/mol. The fourth-order valence-electron chi connectivity index (χ4n) is 2.35. The summed E-state index contributed by atoms with van der Waals surface area (Å²) in [7, 11) is 0. The van der Waals surface area contributed by atoms with Crippen molar-refractivity contribution in [3.63, 3.8) is 0 Å². The first-order valence-electron chi connectivity index (χ1n) is 7.27. The SMILES string of the molecule is NC(=O)C=CCc1c[nH]c2ncnc(OCc3cccc(F)c3)c12. The number of aromatic nitrogens is 3. The van der Waals surface area contributed by atoms with Crippen LogP contribution >= 0.6 is 0 Å². The van der Waals surface area contributed by atoms with Gasteiger partial charge in [-0.15, -0.1) is 0 Å². The Bertz CT molecular complexity index is 904. The number of ether oxygens (including phenoxy) is 1. The topological polar surface area (TPSA) is 93.9 Å². The molecule has 7 heteroatoms. The lowest BCUT2D eigenvalue weighted by Gasteiger charge is -2.07. The molecule has 0 saturated carbocycles. The van der Waals surface area contributed by atoms with Gasteiger partial charge in [-0.05, 0) is 35.8 Å². The molecular formula is C17H15FN4O2. The van der Waals surface area contributed by atoms with Crippen molar-refractivity contribution in [2.24, 2.45) is 5.73 Å². The fraction of sp³-hybridized carbons (Fsp3) is 0.118. The van der Waals surface area contributed by atoms with Gasteiger partial charge >= 0.3 is 0 Å². The number of aromatic amines is 1. The van der Waals surface area contributed by atoms with Gasteiger partial charge in [0.15, 0.2) is 0 Å². The molecular weight excluding hydrogens is 311 g/mol. The van der Waals surface area contributed by atoms with E-state index in [1.807, 2.05) is 0 Å². The Morgan fingerprint density at radius 3 is 3.04 bits per heavy atom. The molecule has 0 aliphatic rings. The number of nitrogens with two attached hydrogens (primary N) is 1. The Kier molecular flexibility index (Phi) is 4.51. The lowest BCUT2D eigenvalue weighted by molar-refractivity contribution is -0.113. The van der Waals surface area contributed by atoms with Gasteiger partial charge in [-0.3, -0.25) is 4.79 Å². The number of carbonyl (C=O) groups is 1. The number of benzene rings is 1. The summed E-state index contributed by atoms with van der Waals surface area (Å²) >= 11 is 0. The van der Waals surface area contributed by atoms with E-state index in [4.69, 9.17) is 10.5 Å². The number of nitrogens with one attached hydrogen (secondary N) is 1. The molecule has 0 unspecified atom stereocenters. The highest BCUT2D eigenvalue weighted by molar-refractivity contribution is 5.87. The summed E-state index contributed by atoms with van der Waals surface area (Å²) in [6.45, 7) is 0.186. The van der Waals surface area contributed by atoms with Crippen LogP contribution in [-0.2, 0) is 17.8 Å². The van der Waals surface area contributed by atoms with Crippen LogP contribution < -0.4 is 10.5 Å². The molecule has 0 aliphatic heterocycles. The van der Waals surface area contributed by atoms with Crippen LogP contribution in [0.25, 0.3) is 11.0 Å². The van der Waals surface area contributed by atoms with Crippen LogP contribution in [0, 0.1) is 5.82 Å². The second-order valence-electron chi connectivity index (χ2n) is 5.14. The van der Waals surface area contributed by atoms with Gasteiger partial charge < -0.3 is 15.5 Å². The summed E-state index contributed by atoms with van der Waals surface area (Å²) < 4.78 is 19.0. The van der Waals surface area contributed by atoms with Crippen LogP contribution in [-0.4, -0.2) is 20.9 Å². The second kappa shape index (κ2) is 6.91. The van der Waals surface area contributed by atoms with Gasteiger partial charge in [0.1, 0.15) is 24.4 Å². The van der Waals surface area contributed by atoms with Gasteiger partial charge in [0, 0.05) is 6.20 Å². The molecule has 0 aliphatic carbocycles. The van der Waals surface area contributed by atoms with Crippen LogP contribution in [0.4, 0.5) is 4.39 Å². The summed E-state index contributed by atoms with van der Waals surface area (Å²) in [5.74, 6) is -0.426. The van der Waals surface area contributed by atoms with Crippen LogP contribution in [0.15, 0.2) is 48.9 Å². The summed E-state index contributed by atoms with van der Waals surface area (Å²) in [5, 5.41) is 0.725. The number of amides is 1. The summed E-state index contributed by atoms with van der Waals surface area (Å²) in [4.78, 5) is 22.1. The Balaban J connectivity index is 1.84. The third-order valence-electron chi connectivity index (χ3n) is 3.40. The van der Waals surface area contributed by atoms with E-state index in [9.17, 15) is 9.18 Å². The molecule has 3 N–H and O–H groups in total. The lowest BCUT2D eigenvalue weighted by atomic mass is 10.1. The zero-order chi connectivity index (χ0) is 16.9. The van der Waals surface area contributed by atoms with Gasteiger partial charge in [-0.25, -0.2) is 14.4 Å². The number of primary amides is 1. The van der Waals surface area contributed by atoms with E-state index in [-0.39, 0.29) is 12.4 Å². The molecule has 3 rings (SSSR count). The maximum absolute atomic E-state index is 13.2. The van der Waals surface area contributed by atoms with Crippen LogP contribution in [0.3, 0.4) is 0 Å². The van der Waals surface area contributed by atoms with E-state index >= 15 is 0 Å². The molecule has 3 aromatic rings. The molecule has 6 nitrogen and oxygen atoms in total. The number of hydrogen-bond acceptors (Lipinski definition) is 4. The molecule has 0 saturated heterocycles. The van der Waals surface area contributed by atoms with Gasteiger partial charge in [0.25, 0.3) is 0 Å². The quantitative estimate of drug-likeness (QED) is 0.679. The Labute approximate surface area is 137 Å². The molecule has 24 heavy (non-hydrogen) atoms. The van der Waals surface area contributed by atoms with Gasteiger partial charge in [0.05, 0.1) is 5.39 Å². The van der Waals surface area contributed by atoms with Crippen molar-refractivity contribution in [1.29, 1.82) is 0 Å². The molecule has 1 aromatic carbocycles. The van der Waals surface area contributed by atoms with Crippen molar-refractivity contribution in [3.8, 4) is 5.88 Å². The van der Waals surface area contributed by atoms with Crippen LogP contribution in [0.5, 0.6) is 5.88 Å². The molecule has 0 fully saturated rings. The van der Waals surface area contributed by atoms with Crippen molar-refractivity contribution in [1.82, 2.24) is 15.0 Å². The molecule has 0 radical (unpaired) electrons. The van der Waals surface area contributed by atoms with E-state index in [1.54, 1.807) is 24.4 Å². The first-order valence-corrected chi connectivity index (χ1v) is 7.27. The van der Waals surface area contributed by atoms with Crippen LogP contribution in [0.1, 0.15) is 11.1 Å². The third kappa shape index (κ3) is 3.57. The second-order valence-corrected chi connectivity index (χ2v) is 5.14. The summed E-state index contributed by atoms with van der Waals surface area (Å²) in [6, 6.07) is 6.18. The maximum atomic E-state index is 13.2. The number of allylic oxidation sites excluding steroid dienone is 1. The van der Waals surface area contributed by atoms with Crippen molar-refractivity contribution >= 4 is 16.9 Å². The third-order valence-corrected chi connectivity index (χ3v) is 3.40. The molecule has 122 valence electrons. The van der Waals surface area contributed by atoms with E-state index in [2.05, 4.69) is 15.0 Å². The molecule has 0 spiro atoms. The maximum Gasteiger partial charge on any atom is 0.241 e. The molecule has 2 aromatic heterocycles. The largest absolute Gasteiger partial charge is 0.472 e. The Morgan fingerprint density at radius 2 is 2.25 bits per heavy atom. The predicted octanol–water partition coefficient (Wildman–Crippen LogP) is 2.26. The molecule has 1 amide bonds. The number of nitrogens with zero attached hydrogens (tertiary/aromatic N) is 2. The highest BCUT2D eigenvalue weighted by Crippen LogP contribution is 2.26. The lowest BCUT2D eigenvalue weighted by Crippen LogP contribution is -2.05. The first kappa shape index (κ1) is 15.7. The van der Waals surface area contributed by atoms with E-state index in [0.717, 1.165) is 10.9 Å². The van der Waals surface area contributed by atoms with Gasteiger partial charge in [-0.1, -0.05) is 18.2 Å². The van der Waals surface area contributed by atoms with Crippen molar-refractivity contribution < 1.29 is 13.9 Å². The van der Waals surface area contributed by atoms with E-state index < -0.39 is 5.91 Å². The number of rotatable bonds is 6. The number of carbonyl (C=O) groups excluding carboxylic acids is 1. The van der Waals surface area contributed by atoms with E-state index in [0.29, 0.717) is 23.5 Å². The zero-order valence-corrected chi connectivity index (χ0v) is 12.7. The van der Waals surface area contributed by atoms with Crippen molar-refractivity contribution in [3.05, 3.63) is 65.9 Å². The molecule has 0 atom stereocenters. The minimum atomic E-state index is -0.506. The standard InChI is InChI=1S/C17H15FN4O2/c18-13-5-1-3-11(7-13)9-24-17-15-12(4-2-6-14(19)23)8-20-16(15)21-10-22-17/h1-3,5-8,10H,4,9H2,(H2,19,23)(H,20,21,22). The number of halogens is 1. The van der Waals surface area contributed by atoms with Crippen molar-refractivity contribution in [2.45, 2.75) is 13.0 Å². The highest BCUT2D eigenvalue weighted by atomic mass is 19.1. The first-order chi connectivity index (χ1) is 11.6. The summed E-state index contributed by atoms with van der Waals surface area (Å²) in [6.07, 6.45) is 6.61. The van der Waals surface area contributed by atoms with E-state index in [1.165, 1.54) is 24.5 Å². The average molecular weight is 326 g/mol. The fourth-order valence-corrected chi connectivity index (χ4v) is 2.35. The Hall–Kier alpha value is -3.22.